The van der Waals surface area contributed by atoms with Crippen molar-refractivity contribution in [2.24, 2.45) is 0 Å². The van der Waals surface area contributed by atoms with Crippen LogP contribution >= 0.6 is 12.2 Å². The molecule has 3 unspecified atom stereocenters. The molecule has 1 aromatic rings. The summed E-state index contributed by atoms with van der Waals surface area (Å²) < 4.78 is 10.6. The average molecular weight is 198 g/mol. The third-order valence-corrected chi connectivity index (χ3v) is 3.09. The molecule has 2 aliphatic heterocycles. The number of ether oxygens (including phenoxy) is 1. The molecule has 13 heavy (non-hydrogen) atoms. The third kappa shape index (κ3) is 1.14. The fourth-order valence-corrected chi connectivity index (χ4v) is 2.46. The van der Waals surface area contributed by atoms with Gasteiger partial charge >= 0.3 is 4.84 Å². The second-order valence-electron chi connectivity index (χ2n) is 3.68. The van der Waals surface area contributed by atoms with Crippen molar-refractivity contribution in [1.82, 2.24) is 10.1 Å². The highest BCUT2D eigenvalue weighted by Gasteiger charge is 2.43. The molecule has 0 saturated carbocycles. The molecule has 0 aromatic carbocycles. The summed E-state index contributed by atoms with van der Waals surface area (Å²) >= 11 is 4.80. The van der Waals surface area contributed by atoms with Crippen LogP contribution in [-0.4, -0.2) is 22.3 Å². The van der Waals surface area contributed by atoms with Crippen LogP contribution in [0.5, 0.6) is 0 Å². The van der Waals surface area contributed by atoms with E-state index in [1.54, 1.807) is 0 Å². The van der Waals surface area contributed by atoms with Crippen molar-refractivity contribution >= 4 is 12.2 Å². The summed E-state index contributed by atoms with van der Waals surface area (Å²) in [6.45, 7) is 0. The van der Waals surface area contributed by atoms with Gasteiger partial charge in [-0.15, -0.1) is 0 Å². The van der Waals surface area contributed by atoms with Gasteiger partial charge in [0, 0.05) is 5.92 Å². The van der Waals surface area contributed by atoms with Gasteiger partial charge in [-0.3, -0.25) is 0 Å². The Morgan fingerprint density at radius 3 is 2.92 bits per heavy atom. The maximum Gasteiger partial charge on any atom is 0.314 e. The van der Waals surface area contributed by atoms with E-state index in [0.29, 0.717) is 18.1 Å². The summed E-state index contributed by atoms with van der Waals surface area (Å²) in [6.07, 6.45) is 4.17. The predicted octanol–water partition coefficient (Wildman–Crippen LogP) is 1.77. The summed E-state index contributed by atoms with van der Waals surface area (Å²) in [6, 6.07) is 0. The van der Waals surface area contributed by atoms with Crippen LogP contribution in [0.1, 0.15) is 31.0 Å². The zero-order valence-electron chi connectivity index (χ0n) is 7.03. The maximum absolute atomic E-state index is 5.71. The molecule has 70 valence electrons. The van der Waals surface area contributed by atoms with Gasteiger partial charge in [0.1, 0.15) is 5.82 Å². The van der Waals surface area contributed by atoms with Crippen LogP contribution in [-0.2, 0) is 4.74 Å². The van der Waals surface area contributed by atoms with Gasteiger partial charge in [-0.05, 0) is 31.5 Å². The molecule has 2 fully saturated rings. The quantitative estimate of drug-likeness (QED) is 0.699. The molecule has 2 aliphatic rings. The number of aromatic amines is 1. The zero-order valence-corrected chi connectivity index (χ0v) is 7.84. The first kappa shape index (κ1) is 7.70. The van der Waals surface area contributed by atoms with Crippen LogP contribution in [0.3, 0.4) is 0 Å². The van der Waals surface area contributed by atoms with Crippen molar-refractivity contribution in [1.29, 1.82) is 0 Å². The SMILES string of the molecule is S=c1nc(C2CC3CCC2O3)[nH]o1. The summed E-state index contributed by atoms with van der Waals surface area (Å²) in [5.41, 5.74) is 0. The minimum absolute atomic E-state index is 0.290. The highest BCUT2D eigenvalue weighted by Crippen LogP contribution is 2.43. The number of rotatable bonds is 1. The molecular weight excluding hydrogens is 188 g/mol. The Hall–Kier alpha value is -0.680. The number of H-pyrrole nitrogens is 1. The maximum atomic E-state index is 5.71. The number of hydrogen-bond donors (Lipinski definition) is 1. The molecule has 4 nitrogen and oxygen atoms in total. The molecule has 0 radical (unpaired) electrons. The lowest BCUT2D eigenvalue weighted by molar-refractivity contribution is 0.0996. The normalized spacial score (nSPS) is 37.1. The van der Waals surface area contributed by atoms with Crippen molar-refractivity contribution in [3.05, 3.63) is 10.7 Å². The van der Waals surface area contributed by atoms with E-state index in [9.17, 15) is 0 Å². The zero-order chi connectivity index (χ0) is 8.84. The Balaban J connectivity index is 1.91. The number of hydrogen-bond acceptors (Lipinski definition) is 4. The highest BCUT2D eigenvalue weighted by atomic mass is 32.1. The lowest BCUT2D eigenvalue weighted by Crippen LogP contribution is -2.15. The first-order chi connectivity index (χ1) is 6.33. The molecule has 1 aromatic heterocycles. The Kier molecular flexibility index (Phi) is 1.57. The molecular formula is C8H10N2O2S. The number of nitrogens with zero attached hydrogens (tertiary/aromatic N) is 1. The lowest BCUT2D eigenvalue weighted by atomic mass is 9.89. The van der Waals surface area contributed by atoms with E-state index in [-0.39, 0.29) is 4.84 Å². The van der Waals surface area contributed by atoms with Crippen molar-refractivity contribution < 1.29 is 9.26 Å². The predicted molar refractivity (Wildman–Crippen MR) is 46.9 cm³/mol. The molecule has 2 saturated heterocycles. The fraction of sp³-hybridized carbons (Fsp3) is 0.750. The number of fused-ring (bicyclic) bond motifs is 2. The highest BCUT2D eigenvalue weighted by molar-refractivity contribution is 7.71. The third-order valence-electron chi connectivity index (χ3n) is 2.91. The first-order valence-electron chi connectivity index (χ1n) is 4.54. The molecule has 0 amide bonds. The van der Waals surface area contributed by atoms with Gasteiger partial charge in [-0.1, -0.05) is 0 Å². The van der Waals surface area contributed by atoms with E-state index in [1.807, 2.05) is 0 Å². The Morgan fingerprint density at radius 2 is 2.38 bits per heavy atom. The lowest BCUT2D eigenvalue weighted by Gasteiger charge is -2.14. The van der Waals surface area contributed by atoms with E-state index in [0.717, 1.165) is 18.7 Å². The van der Waals surface area contributed by atoms with Crippen molar-refractivity contribution in [2.45, 2.75) is 37.4 Å². The summed E-state index contributed by atoms with van der Waals surface area (Å²) in [7, 11) is 0. The molecule has 0 aliphatic carbocycles. The Labute approximate surface area is 80.3 Å². The topological polar surface area (TPSA) is 51.0 Å². The van der Waals surface area contributed by atoms with Crippen LogP contribution in [0.2, 0.25) is 0 Å². The van der Waals surface area contributed by atoms with E-state index >= 15 is 0 Å². The van der Waals surface area contributed by atoms with Gasteiger partial charge in [0.25, 0.3) is 0 Å². The van der Waals surface area contributed by atoms with Crippen LogP contribution < -0.4 is 0 Å². The van der Waals surface area contributed by atoms with Crippen molar-refractivity contribution in [2.75, 3.05) is 0 Å². The summed E-state index contributed by atoms with van der Waals surface area (Å²) in [4.78, 5) is 4.41. The largest absolute Gasteiger partial charge is 0.374 e. The second kappa shape index (κ2) is 2.65. The van der Waals surface area contributed by atoms with Crippen LogP contribution in [0.15, 0.2) is 4.52 Å². The van der Waals surface area contributed by atoms with Gasteiger partial charge in [-0.25, -0.2) is 5.16 Å². The average Bonchev–Trinajstić information content (AvgIpc) is 2.77. The minimum Gasteiger partial charge on any atom is -0.374 e. The van der Waals surface area contributed by atoms with E-state index in [2.05, 4.69) is 10.1 Å². The smallest absolute Gasteiger partial charge is 0.314 e. The van der Waals surface area contributed by atoms with Gasteiger partial charge in [0.05, 0.1) is 12.2 Å². The van der Waals surface area contributed by atoms with Crippen LogP contribution in [0, 0.1) is 4.84 Å². The minimum atomic E-state index is 0.290. The number of aromatic nitrogens is 2. The molecule has 3 atom stereocenters. The van der Waals surface area contributed by atoms with Gasteiger partial charge < -0.3 is 9.26 Å². The van der Waals surface area contributed by atoms with Gasteiger partial charge in [-0.2, -0.15) is 4.98 Å². The molecule has 3 heterocycles. The monoisotopic (exact) mass is 198 g/mol. The molecule has 1 N–H and O–H groups in total. The standard InChI is InChI=1S/C8H10N2O2S/c13-8-9-7(10-12-8)5-3-4-1-2-6(5)11-4/h4-6H,1-3H2,(H,9,10,13). The molecule has 5 heteroatoms. The number of nitrogens with one attached hydrogen (secondary N) is 1. The molecule has 0 spiro atoms. The van der Waals surface area contributed by atoms with Crippen molar-refractivity contribution in [3.63, 3.8) is 0 Å². The van der Waals surface area contributed by atoms with E-state index in [1.165, 1.54) is 6.42 Å². The first-order valence-corrected chi connectivity index (χ1v) is 4.94. The Bertz CT molecular complexity index is 372. The fourth-order valence-electron chi connectivity index (χ4n) is 2.32. The summed E-state index contributed by atoms with van der Waals surface area (Å²) in [5, 5.41) is 2.76. The van der Waals surface area contributed by atoms with Crippen molar-refractivity contribution in [3.8, 4) is 0 Å². The van der Waals surface area contributed by atoms with E-state index < -0.39 is 0 Å². The molecule has 2 bridgehead atoms. The van der Waals surface area contributed by atoms with Gasteiger partial charge in [0.2, 0.25) is 0 Å². The summed E-state index contributed by atoms with van der Waals surface area (Å²) in [5.74, 6) is 1.23. The second-order valence-corrected chi connectivity index (χ2v) is 4.03. The van der Waals surface area contributed by atoms with Crippen LogP contribution in [0.4, 0.5) is 0 Å². The van der Waals surface area contributed by atoms with E-state index in [4.69, 9.17) is 21.5 Å². The van der Waals surface area contributed by atoms with Gasteiger partial charge in [0.15, 0.2) is 0 Å². The molecule has 3 rings (SSSR count). The Morgan fingerprint density at radius 1 is 1.46 bits per heavy atom. The van der Waals surface area contributed by atoms with Crippen LogP contribution in [0.25, 0.3) is 0 Å².